The number of amides is 2. The monoisotopic (exact) mass is 559 g/mol. The van der Waals surface area contributed by atoms with E-state index >= 15 is 0 Å². The number of carbonyl (C=O) groups excluding carboxylic acids is 2. The predicted molar refractivity (Wildman–Crippen MR) is 159 cm³/mol. The van der Waals surface area contributed by atoms with Crippen molar-refractivity contribution >= 4 is 35.2 Å². The van der Waals surface area contributed by atoms with E-state index in [0.717, 1.165) is 16.9 Å². The summed E-state index contributed by atoms with van der Waals surface area (Å²) < 4.78 is 0. The van der Waals surface area contributed by atoms with Crippen molar-refractivity contribution in [3.8, 4) is 11.3 Å². The molecule has 1 aromatic heterocycles. The molecular formula is C30H37N7O2S. The highest BCUT2D eigenvalue weighted by Gasteiger charge is 2.36. The third-order valence-corrected chi connectivity index (χ3v) is 8.75. The number of nitrogens with one attached hydrogen (secondary N) is 2. The summed E-state index contributed by atoms with van der Waals surface area (Å²) >= 11 is 1.92. The minimum atomic E-state index is -0.370. The van der Waals surface area contributed by atoms with E-state index in [1.54, 1.807) is 13.1 Å². The van der Waals surface area contributed by atoms with Gasteiger partial charge in [-0.2, -0.15) is 0 Å². The molecule has 9 nitrogen and oxygen atoms in total. The van der Waals surface area contributed by atoms with E-state index in [-0.39, 0.29) is 24.5 Å². The van der Waals surface area contributed by atoms with E-state index in [2.05, 4.69) is 46.8 Å². The van der Waals surface area contributed by atoms with Crippen LogP contribution in [-0.2, 0) is 4.79 Å². The van der Waals surface area contributed by atoms with Crippen molar-refractivity contribution in [2.75, 3.05) is 43.8 Å². The highest BCUT2D eigenvalue weighted by atomic mass is 32.2. The third kappa shape index (κ3) is 7.59. The largest absolute Gasteiger partial charge is 0.340 e. The first-order valence-corrected chi connectivity index (χ1v) is 14.7. The molecule has 1 aliphatic carbocycles. The lowest BCUT2D eigenvalue weighted by Gasteiger charge is -2.34. The molecule has 0 radical (unpaired) electrons. The van der Waals surface area contributed by atoms with E-state index in [4.69, 9.17) is 10.7 Å². The Morgan fingerprint density at radius 3 is 2.38 bits per heavy atom. The summed E-state index contributed by atoms with van der Waals surface area (Å²) in [6, 6.07) is 17.8. The lowest BCUT2D eigenvalue weighted by Crippen LogP contribution is -2.52. The normalized spacial score (nSPS) is 17.2. The fourth-order valence-electron chi connectivity index (χ4n) is 4.54. The van der Waals surface area contributed by atoms with Crippen LogP contribution in [0.4, 0.5) is 11.6 Å². The molecule has 0 bridgehead atoms. The van der Waals surface area contributed by atoms with Gasteiger partial charge in [-0.1, -0.05) is 19.1 Å². The first-order chi connectivity index (χ1) is 19.3. The maximum Gasteiger partial charge on any atom is 0.253 e. The van der Waals surface area contributed by atoms with Crippen LogP contribution in [0, 0.1) is 5.41 Å². The molecule has 1 unspecified atom stereocenters. The van der Waals surface area contributed by atoms with Crippen molar-refractivity contribution in [2.45, 2.75) is 37.8 Å². The SMILES string of the molecule is CC(N)NC(=O)CN1CCN(C(=O)c2ccc(Nc3nccc(-c4ccc(SCC5(C)CC5)cc4)n3)cc2)CC1. The molecule has 4 N–H and O–H groups in total. The minimum absolute atomic E-state index is 0.0164. The minimum Gasteiger partial charge on any atom is -0.340 e. The molecule has 5 rings (SSSR count). The average Bonchev–Trinajstić information content (AvgIpc) is 3.69. The number of anilines is 2. The number of nitrogens with zero attached hydrogens (tertiary/aromatic N) is 4. The standard InChI is InChI=1S/C30H37N7O2S/c1-21(31)33-27(38)19-36-15-17-37(18-16-36)28(39)23-3-7-24(8-4-23)34-29-32-14-11-26(35-29)22-5-9-25(10-6-22)40-20-30(2)12-13-30/h3-11,14,21H,12-13,15-20,31H2,1-2H3,(H,33,38)(H,32,34,35). The van der Waals surface area contributed by atoms with Crippen LogP contribution in [0.3, 0.4) is 0 Å². The van der Waals surface area contributed by atoms with Crippen LogP contribution in [0.1, 0.15) is 37.0 Å². The molecule has 40 heavy (non-hydrogen) atoms. The van der Waals surface area contributed by atoms with Crippen LogP contribution in [0.2, 0.25) is 0 Å². The Morgan fingerprint density at radius 2 is 1.73 bits per heavy atom. The van der Waals surface area contributed by atoms with E-state index in [1.807, 2.05) is 51.9 Å². The number of hydrogen-bond donors (Lipinski definition) is 3. The second kappa shape index (κ2) is 12.4. The predicted octanol–water partition coefficient (Wildman–Crippen LogP) is 3.96. The van der Waals surface area contributed by atoms with Gasteiger partial charge in [-0.15, -0.1) is 11.8 Å². The maximum atomic E-state index is 13.0. The molecule has 2 fully saturated rings. The number of aromatic nitrogens is 2. The Bertz CT molecular complexity index is 1320. The van der Waals surface area contributed by atoms with Gasteiger partial charge in [-0.3, -0.25) is 14.5 Å². The van der Waals surface area contributed by atoms with Gasteiger partial charge < -0.3 is 21.3 Å². The van der Waals surface area contributed by atoms with Gasteiger partial charge in [-0.25, -0.2) is 9.97 Å². The van der Waals surface area contributed by atoms with Crippen molar-refractivity contribution in [2.24, 2.45) is 11.1 Å². The Balaban J connectivity index is 1.13. The number of nitrogens with two attached hydrogens (primary N) is 1. The van der Waals surface area contributed by atoms with Crippen LogP contribution in [0.25, 0.3) is 11.3 Å². The number of hydrogen-bond acceptors (Lipinski definition) is 8. The fourth-order valence-corrected chi connectivity index (χ4v) is 5.67. The number of rotatable bonds is 10. The van der Waals surface area contributed by atoms with E-state index < -0.39 is 0 Å². The summed E-state index contributed by atoms with van der Waals surface area (Å²) in [5.41, 5.74) is 9.47. The zero-order valence-electron chi connectivity index (χ0n) is 23.1. The third-order valence-electron chi connectivity index (χ3n) is 7.30. The molecule has 210 valence electrons. The molecule has 2 aromatic carbocycles. The van der Waals surface area contributed by atoms with Gasteiger partial charge >= 0.3 is 0 Å². The molecule has 10 heteroatoms. The molecule has 2 aliphatic rings. The lowest BCUT2D eigenvalue weighted by atomic mass is 10.1. The van der Waals surface area contributed by atoms with Crippen LogP contribution in [0.5, 0.6) is 0 Å². The van der Waals surface area contributed by atoms with Gasteiger partial charge in [-0.05, 0) is 67.6 Å². The molecule has 3 aromatic rings. The zero-order valence-corrected chi connectivity index (χ0v) is 23.9. The smallest absolute Gasteiger partial charge is 0.253 e. The van der Waals surface area contributed by atoms with Crippen molar-refractivity contribution in [1.29, 1.82) is 0 Å². The summed E-state index contributed by atoms with van der Waals surface area (Å²) in [5, 5.41) is 5.94. The first-order valence-electron chi connectivity index (χ1n) is 13.8. The quantitative estimate of drug-likeness (QED) is 0.253. The molecule has 1 saturated heterocycles. The Labute approximate surface area is 239 Å². The van der Waals surface area contributed by atoms with Crippen LogP contribution in [-0.4, -0.2) is 76.2 Å². The number of carbonyl (C=O) groups is 2. The summed E-state index contributed by atoms with van der Waals surface area (Å²) in [7, 11) is 0. The molecule has 0 spiro atoms. The van der Waals surface area contributed by atoms with E-state index in [1.165, 1.54) is 23.5 Å². The summed E-state index contributed by atoms with van der Waals surface area (Å²) in [5.74, 6) is 1.56. The number of benzene rings is 2. The number of piperazine rings is 1. The molecule has 1 aliphatic heterocycles. The zero-order chi connectivity index (χ0) is 28.1. The van der Waals surface area contributed by atoms with Gasteiger partial charge in [0.2, 0.25) is 11.9 Å². The summed E-state index contributed by atoms with van der Waals surface area (Å²) in [6.45, 7) is 6.81. The highest BCUT2D eigenvalue weighted by molar-refractivity contribution is 7.99. The van der Waals surface area contributed by atoms with Crippen molar-refractivity contribution in [3.63, 3.8) is 0 Å². The van der Waals surface area contributed by atoms with E-state index in [9.17, 15) is 9.59 Å². The fraction of sp³-hybridized carbons (Fsp3) is 0.400. The van der Waals surface area contributed by atoms with Crippen LogP contribution >= 0.6 is 11.8 Å². The summed E-state index contributed by atoms with van der Waals surface area (Å²) in [4.78, 5) is 39.2. The topological polar surface area (TPSA) is 116 Å². The second-order valence-electron chi connectivity index (χ2n) is 11.0. The van der Waals surface area contributed by atoms with E-state index in [0.29, 0.717) is 43.1 Å². The second-order valence-corrected chi connectivity index (χ2v) is 12.1. The molecule has 1 saturated carbocycles. The van der Waals surface area contributed by atoms with Crippen LogP contribution in [0.15, 0.2) is 65.7 Å². The first kappa shape index (κ1) is 28.1. The van der Waals surface area contributed by atoms with Gasteiger partial charge in [0.25, 0.3) is 5.91 Å². The van der Waals surface area contributed by atoms with Gasteiger partial charge in [0, 0.05) is 59.8 Å². The maximum absolute atomic E-state index is 13.0. The molecule has 2 heterocycles. The highest BCUT2D eigenvalue weighted by Crippen LogP contribution is 2.48. The van der Waals surface area contributed by atoms with Gasteiger partial charge in [0.05, 0.1) is 18.4 Å². The molecular weight excluding hydrogens is 522 g/mol. The molecule has 2 amide bonds. The lowest BCUT2D eigenvalue weighted by molar-refractivity contribution is -0.123. The number of thioether (sulfide) groups is 1. The average molecular weight is 560 g/mol. The summed E-state index contributed by atoms with van der Waals surface area (Å²) in [6.07, 6.45) is 4.05. The van der Waals surface area contributed by atoms with Crippen molar-refractivity contribution in [1.82, 2.24) is 25.1 Å². The van der Waals surface area contributed by atoms with Crippen molar-refractivity contribution < 1.29 is 9.59 Å². The van der Waals surface area contributed by atoms with Crippen LogP contribution < -0.4 is 16.4 Å². The molecule has 1 atom stereocenters. The Kier molecular flexibility index (Phi) is 8.68. The van der Waals surface area contributed by atoms with Gasteiger partial charge in [0.15, 0.2) is 0 Å². The Hall–Kier alpha value is -3.47. The van der Waals surface area contributed by atoms with Gasteiger partial charge in [0.1, 0.15) is 0 Å². The van der Waals surface area contributed by atoms with Crippen molar-refractivity contribution in [3.05, 3.63) is 66.4 Å². The Morgan fingerprint density at radius 1 is 1.02 bits per heavy atom.